The zero-order valence-corrected chi connectivity index (χ0v) is 14.7. The Hall–Kier alpha value is -3.43. The summed E-state index contributed by atoms with van der Waals surface area (Å²) in [4.78, 5) is 24.0. The lowest BCUT2D eigenvalue weighted by molar-refractivity contribution is -0.119. The van der Waals surface area contributed by atoms with Crippen LogP contribution in [0.5, 0.6) is 17.2 Å². The van der Waals surface area contributed by atoms with Crippen molar-refractivity contribution in [1.82, 2.24) is 5.16 Å². The Morgan fingerprint density at radius 1 is 1.15 bits per heavy atom. The Bertz CT molecular complexity index is 772. The normalized spacial score (nSPS) is 10.2. The first-order valence-corrected chi connectivity index (χ1v) is 7.40. The van der Waals surface area contributed by atoms with E-state index in [1.165, 1.54) is 28.3 Å². The lowest BCUT2D eigenvalue weighted by Crippen LogP contribution is -2.21. The smallest absolute Gasteiger partial charge is 0.346 e. The van der Waals surface area contributed by atoms with Crippen molar-refractivity contribution < 1.29 is 33.1 Å². The molecule has 0 bridgehead atoms. The van der Waals surface area contributed by atoms with Crippen LogP contribution in [0, 0.1) is 6.92 Å². The predicted molar refractivity (Wildman–Crippen MR) is 90.7 cm³/mol. The minimum absolute atomic E-state index is 0.00872. The Labute approximate surface area is 149 Å². The summed E-state index contributed by atoms with van der Waals surface area (Å²) in [6.45, 7) is 1.01. The minimum atomic E-state index is -0.804. The third-order valence-corrected chi connectivity index (χ3v) is 3.38. The van der Waals surface area contributed by atoms with E-state index in [2.05, 4.69) is 15.0 Å². The Balaban J connectivity index is 2.05. The largest absolute Gasteiger partial charge is 0.493 e. The molecule has 1 heterocycles. The number of carbonyl (C=O) groups excluding carboxylic acids is 2. The molecule has 10 heteroatoms. The first-order chi connectivity index (χ1) is 12.4. The van der Waals surface area contributed by atoms with E-state index in [0.717, 1.165) is 0 Å². The maximum atomic E-state index is 12.0. The van der Waals surface area contributed by atoms with E-state index in [4.69, 9.17) is 24.7 Å². The Kier molecular flexibility index (Phi) is 5.89. The van der Waals surface area contributed by atoms with Gasteiger partial charge in [0.25, 0.3) is 5.91 Å². The molecular formula is C16H19N3O7. The van der Waals surface area contributed by atoms with E-state index in [1.807, 2.05) is 0 Å². The molecule has 10 nitrogen and oxygen atoms in total. The van der Waals surface area contributed by atoms with Gasteiger partial charge in [-0.3, -0.25) is 4.79 Å². The number of hydrogen-bond donors (Lipinski definition) is 2. The fraction of sp³-hybridized carbons (Fsp3) is 0.312. The summed E-state index contributed by atoms with van der Waals surface area (Å²) in [5.74, 6) is -0.420. The average Bonchev–Trinajstić information content (AvgIpc) is 2.97. The van der Waals surface area contributed by atoms with Gasteiger partial charge in [-0.05, 0) is 6.92 Å². The number of amides is 1. The maximum absolute atomic E-state index is 12.0. The number of nitrogens with one attached hydrogen (secondary N) is 1. The van der Waals surface area contributed by atoms with Crippen molar-refractivity contribution in [1.29, 1.82) is 0 Å². The second kappa shape index (κ2) is 8.10. The quantitative estimate of drug-likeness (QED) is 0.698. The standard InChI is InChI=1S/C16H19N3O7/c1-8-13(15(17)26-19-8)16(21)25-7-12(20)18-9-5-10(22-2)14(24-4)11(6-9)23-3/h5-6H,7,17H2,1-4H3,(H,18,20). The zero-order chi connectivity index (χ0) is 19.3. The number of ether oxygens (including phenoxy) is 4. The monoisotopic (exact) mass is 365 g/mol. The number of rotatable bonds is 7. The van der Waals surface area contributed by atoms with Crippen LogP contribution in [-0.2, 0) is 9.53 Å². The highest BCUT2D eigenvalue weighted by Crippen LogP contribution is 2.39. The second-order valence-corrected chi connectivity index (χ2v) is 5.05. The van der Waals surface area contributed by atoms with Crippen LogP contribution in [0.15, 0.2) is 16.7 Å². The molecular weight excluding hydrogens is 346 g/mol. The van der Waals surface area contributed by atoms with Gasteiger partial charge in [0.2, 0.25) is 11.6 Å². The van der Waals surface area contributed by atoms with Crippen LogP contribution in [-0.4, -0.2) is 45.0 Å². The number of aryl methyl sites for hydroxylation is 1. The van der Waals surface area contributed by atoms with Crippen LogP contribution >= 0.6 is 0 Å². The highest BCUT2D eigenvalue weighted by Gasteiger charge is 2.21. The van der Waals surface area contributed by atoms with Crippen LogP contribution in [0.4, 0.5) is 11.6 Å². The van der Waals surface area contributed by atoms with Crippen molar-refractivity contribution >= 4 is 23.4 Å². The van der Waals surface area contributed by atoms with Gasteiger partial charge in [0, 0.05) is 17.8 Å². The van der Waals surface area contributed by atoms with E-state index in [1.54, 1.807) is 12.1 Å². The first-order valence-electron chi connectivity index (χ1n) is 7.40. The molecule has 0 spiro atoms. The molecule has 26 heavy (non-hydrogen) atoms. The summed E-state index contributed by atoms with van der Waals surface area (Å²) < 4.78 is 25.2. The molecule has 0 atom stereocenters. The van der Waals surface area contributed by atoms with Crippen LogP contribution in [0.1, 0.15) is 16.1 Å². The molecule has 0 aliphatic heterocycles. The van der Waals surface area contributed by atoms with Gasteiger partial charge >= 0.3 is 5.97 Å². The Morgan fingerprint density at radius 2 is 1.77 bits per heavy atom. The molecule has 0 saturated carbocycles. The Morgan fingerprint density at radius 3 is 2.23 bits per heavy atom. The molecule has 140 valence electrons. The summed E-state index contributed by atoms with van der Waals surface area (Å²) in [5.41, 5.74) is 6.14. The lowest BCUT2D eigenvalue weighted by Gasteiger charge is -2.14. The third kappa shape index (κ3) is 3.97. The number of hydrogen-bond acceptors (Lipinski definition) is 9. The maximum Gasteiger partial charge on any atom is 0.346 e. The van der Waals surface area contributed by atoms with Gasteiger partial charge in [-0.15, -0.1) is 0 Å². The van der Waals surface area contributed by atoms with Crippen molar-refractivity contribution in [2.75, 3.05) is 39.0 Å². The molecule has 2 rings (SSSR count). The van der Waals surface area contributed by atoms with Crippen molar-refractivity contribution in [3.05, 3.63) is 23.4 Å². The molecule has 0 saturated heterocycles. The second-order valence-electron chi connectivity index (χ2n) is 5.05. The van der Waals surface area contributed by atoms with Crippen LogP contribution in [0.25, 0.3) is 0 Å². The summed E-state index contributed by atoms with van der Waals surface area (Å²) in [5, 5.41) is 6.12. The van der Waals surface area contributed by atoms with E-state index in [0.29, 0.717) is 22.9 Å². The van der Waals surface area contributed by atoms with Crippen LogP contribution in [0.3, 0.4) is 0 Å². The van der Waals surface area contributed by atoms with Gasteiger partial charge in [0.05, 0.1) is 27.0 Å². The number of anilines is 2. The number of benzene rings is 1. The van der Waals surface area contributed by atoms with Crippen molar-refractivity contribution in [3.8, 4) is 17.2 Å². The van der Waals surface area contributed by atoms with Gasteiger partial charge in [-0.1, -0.05) is 5.16 Å². The SMILES string of the molecule is COc1cc(NC(=O)COC(=O)c2c(C)noc2N)cc(OC)c1OC. The molecule has 0 aliphatic rings. The average molecular weight is 365 g/mol. The third-order valence-electron chi connectivity index (χ3n) is 3.38. The highest BCUT2D eigenvalue weighted by molar-refractivity contribution is 5.98. The van der Waals surface area contributed by atoms with E-state index in [-0.39, 0.29) is 17.1 Å². The van der Waals surface area contributed by atoms with E-state index >= 15 is 0 Å². The fourth-order valence-corrected chi connectivity index (χ4v) is 2.19. The predicted octanol–water partition coefficient (Wildman–Crippen LogP) is 1.39. The fourth-order valence-electron chi connectivity index (χ4n) is 2.19. The van der Waals surface area contributed by atoms with Gasteiger partial charge in [-0.25, -0.2) is 4.79 Å². The summed E-state index contributed by atoms with van der Waals surface area (Å²) in [6.07, 6.45) is 0. The summed E-state index contributed by atoms with van der Waals surface area (Å²) in [6, 6.07) is 3.09. The van der Waals surface area contributed by atoms with Crippen molar-refractivity contribution in [2.24, 2.45) is 0 Å². The molecule has 3 N–H and O–H groups in total. The number of nitrogens with zero attached hydrogens (tertiary/aromatic N) is 1. The molecule has 0 unspecified atom stereocenters. The van der Waals surface area contributed by atoms with E-state index < -0.39 is 18.5 Å². The van der Waals surface area contributed by atoms with Gasteiger partial charge in [0.1, 0.15) is 5.56 Å². The molecule has 1 aromatic heterocycles. The number of carbonyl (C=O) groups is 2. The zero-order valence-electron chi connectivity index (χ0n) is 14.7. The summed E-state index contributed by atoms with van der Waals surface area (Å²) in [7, 11) is 4.38. The molecule has 0 radical (unpaired) electrons. The first kappa shape index (κ1) is 18.9. The van der Waals surface area contributed by atoms with Crippen molar-refractivity contribution in [2.45, 2.75) is 6.92 Å². The topological polar surface area (TPSA) is 135 Å². The number of nitrogens with two attached hydrogens (primary N) is 1. The van der Waals surface area contributed by atoms with Crippen LogP contribution < -0.4 is 25.3 Å². The molecule has 1 aromatic carbocycles. The molecule has 2 aromatic rings. The molecule has 0 aliphatic carbocycles. The number of nitrogen functional groups attached to an aromatic ring is 1. The number of methoxy groups -OCH3 is 3. The lowest BCUT2D eigenvalue weighted by atomic mass is 10.2. The van der Waals surface area contributed by atoms with Gasteiger partial charge < -0.3 is 34.5 Å². The number of aromatic nitrogens is 1. The molecule has 1 amide bonds. The van der Waals surface area contributed by atoms with Gasteiger partial charge in [-0.2, -0.15) is 0 Å². The van der Waals surface area contributed by atoms with Crippen LogP contribution in [0.2, 0.25) is 0 Å². The van der Waals surface area contributed by atoms with Gasteiger partial charge in [0.15, 0.2) is 18.1 Å². The highest BCUT2D eigenvalue weighted by atomic mass is 16.5. The summed E-state index contributed by atoms with van der Waals surface area (Å²) >= 11 is 0. The minimum Gasteiger partial charge on any atom is -0.493 e. The molecule has 0 fully saturated rings. The number of esters is 1. The van der Waals surface area contributed by atoms with E-state index in [9.17, 15) is 9.59 Å². The van der Waals surface area contributed by atoms with Crippen molar-refractivity contribution in [3.63, 3.8) is 0 Å².